The average molecular weight is 367 g/mol. The summed E-state index contributed by atoms with van der Waals surface area (Å²) in [7, 11) is -3.32. The van der Waals surface area contributed by atoms with Crippen LogP contribution in [0.25, 0.3) is 10.9 Å². The molecule has 0 unspecified atom stereocenters. The first-order valence-corrected chi connectivity index (χ1v) is 9.68. The van der Waals surface area contributed by atoms with E-state index >= 15 is 0 Å². The number of sulfonamides is 1. The average Bonchev–Trinajstić information content (AvgIpc) is 2.81. The van der Waals surface area contributed by atoms with E-state index in [9.17, 15) is 22.4 Å². The molecule has 0 radical (unpaired) electrons. The van der Waals surface area contributed by atoms with Gasteiger partial charge in [0.1, 0.15) is 11.4 Å². The van der Waals surface area contributed by atoms with E-state index in [2.05, 4.69) is 4.98 Å². The summed E-state index contributed by atoms with van der Waals surface area (Å²) in [5, 5.41) is 0.110. The van der Waals surface area contributed by atoms with E-state index in [1.165, 1.54) is 33.6 Å². The molecule has 134 valence electrons. The van der Waals surface area contributed by atoms with Crippen LogP contribution in [-0.2, 0) is 10.0 Å². The molecule has 1 aromatic carbocycles. The molecule has 3 rings (SSSR count). The predicted octanol–water partition coefficient (Wildman–Crippen LogP) is 0.775. The van der Waals surface area contributed by atoms with E-state index in [1.54, 1.807) is 0 Å². The number of hydrogen-bond donors (Lipinski definition) is 1. The molecule has 25 heavy (non-hydrogen) atoms. The maximum atomic E-state index is 13.7. The number of nitrogens with one attached hydrogen (secondary N) is 1. The van der Waals surface area contributed by atoms with Crippen molar-refractivity contribution >= 4 is 26.8 Å². The molecule has 1 saturated heterocycles. The summed E-state index contributed by atoms with van der Waals surface area (Å²) in [5.74, 6) is -1.05. The predicted molar refractivity (Wildman–Crippen MR) is 91.5 cm³/mol. The molecule has 2 aromatic rings. The highest BCUT2D eigenvalue weighted by Crippen LogP contribution is 2.14. The Morgan fingerprint density at radius 2 is 1.96 bits per heavy atom. The van der Waals surface area contributed by atoms with E-state index in [4.69, 9.17) is 0 Å². The Kier molecular flexibility index (Phi) is 4.61. The van der Waals surface area contributed by atoms with Crippen LogP contribution in [0.15, 0.2) is 29.2 Å². The van der Waals surface area contributed by atoms with E-state index in [-0.39, 0.29) is 29.6 Å². The zero-order valence-electron chi connectivity index (χ0n) is 13.7. The van der Waals surface area contributed by atoms with Crippen molar-refractivity contribution in [3.05, 3.63) is 46.0 Å². The highest BCUT2D eigenvalue weighted by molar-refractivity contribution is 7.88. The van der Waals surface area contributed by atoms with Gasteiger partial charge < -0.3 is 9.88 Å². The first-order chi connectivity index (χ1) is 11.8. The topological polar surface area (TPSA) is 90.6 Å². The van der Waals surface area contributed by atoms with Crippen molar-refractivity contribution in [2.45, 2.75) is 6.42 Å². The Morgan fingerprint density at radius 3 is 2.68 bits per heavy atom. The van der Waals surface area contributed by atoms with Crippen molar-refractivity contribution in [2.75, 3.05) is 32.4 Å². The van der Waals surface area contributed by atoms with Crippen LogP contribution >= 0.6 is 0 Å². The first-order valence-electron chi connectivity index (χ1n) is 7.83. The monoisotopic (exact) mass is 367 g/mol. The molecule has 1 aliphatic heterocycles. The van der Waals surface area contributed by atoms with E-state index in [0.717, 1.165) is 6.26 Å². The number of fused-ring (bicyclic) bond motifs is 1. The van der Waals surface area contributed by atoms with Crippen molar-refractivity contribution in [1.29, 1.82) is 0 Å². The number of para-hydroxylation sites is 1. The van der Waals surface area contributed by atoms with Crippen LogP contribution in [0.4, 0.5) is 4.39 Å². The summed E-state index contributed by atoms with van der Waals surface area (Å²) in [6, 6.07) is 4.10. The Bertz CT molecular complexity index is 987. The summed E-state index contributed by atoms with van der Waals surface area (Å²) in [5.41, 5.74) is -0.559. The van der Waals surface area contributed by atoms with Gasteiger partial charge >= 0.3 is 0 Å². The van der Waals surface area contributed by atoms with Crippen LogP contribution in [-0.4, -0.2) is 60.9 Å². The lowest BCUT2D eigenvalue weighted by Crippen LogP contribution is -2.38. The summed E-state index contributed by atoms with van der Waals surface area (Å²) in [6.07, 6.45) is 2.83. The number of rotatable bonds is 2. The number of carbonyl (C=O) groups is 1. The number of halogens is 1. The molecular weight excluding hydrogens is 349 g/mol. The van der Waals surface area contributed by atoms with Gasteiger partial charge in [-0.05, 0) is 18.6 Å². The Labute approximate surface area is 144 Å². The van der Waals surface area contributed by atoms with E-state index in [0.29, 0.717) is 19.5 Å². The lowest BCUT2D eigenvalue weighted by molar-refractivity contribution is 0.0763. The number of H-pyrrole nitrogens is 1. The van der Waals surface area contributed by atoms with Crippen LogP contribution in [0.3, 0.4) is 0 Å². The van der Waals surface area contributed by atoms with Crippen molar-refractivity contribution in [2.24, 2.45) is 0 Å². The van der Waals surface area contributed by atoms with Crippen molar-refractivity contribution < 1.29 is 17.6 Å². The van der Waals surface area contributed by atoms with Gasteiger partial charge in [-0.1, -0.05) is 6.07 Å². The highest BCUT2D eigenvalue weighted by atomic mass is 32.2. The minimum atomic E-state index is -3.32. The molecule has 1 fully saturated rings. The van der Waals surface area contributed by atoms with Crippen LogP contribution < -0.4 is 5.43 Å². The summed E-state index contributed by atoms with van der Waals surface area (Å²) in [4.78, 5) is 29.4. The van der Waals surface area contributed by atoms with Gasteiger partial charge in [-0.15, -0.1) is 0 Å². The molecule has 1 aliphatic rings. The number of aromatic amines is 1. The molecule has 0 aliphatic carbocycles. The molecule has 0 saturated carbocycles. The number of benzene rings is 1. The Hall–Kier alpha value is -2.26. The third-order valence-electron chi connectivity index (χ3n) is 4.31. The first kappa shape index (κ1) is 17.6. The zero-order valence-corrected chi connectivity index (χ0v) is 14.5. The lowest BCUT2D eigenvalue weighted by atomic mass is 10.1. The molecule has 0 spiro atoms. The van der Waals surface area contributed by atoms with Crippen LogP contribution in [0, 0.1) is 5.82 Å². The number of pyridine rings is 1. The van der Waals surface area contributed by atoms with Gasteiger partial charge in [-0.3, -0.25) is 9.59 Å². The minimum Gasteiger partial charge on any atom is -0.358 e. The molecular formula is C16H18FN3O4S. The molecule has 1 aromatic heterocycles. The molecule has 1 N–H and O–H groups in total. The largest absolute Gasteiger partial charge is 0.358 e. The van der Waals surface area contributed by atoms with Crippen LogP contribution in [0.1, 0.15) is 16.8 Å². The maximum absolute atomic E-state index is 13.7. The maximum Gasteiger partial charge on any atom is 0.259 e. The molecule has 0 bridgehead atoms. The van der Waals surface area contributed by atoms with Crippen LogP contribution in [0.2, 0.25) is 0 Å². The lowest BCUT2D eigenvalue weighted by Gasteiger charge is -2.21. The molecule has 9 heteroatoms. The fourth-order valence-electron chi connectivity index (χ4n) is 2.97. The van der Waals surface area contributed by atoms with Gasteiger partial charge in [0, 0.05) is 37.8 Å². The fraction of sp³-hybridized carbons (Fsp3) is 0.375. The fourth-order valence-corrected chi connectivity index (χ4v) is 3.85. The molecule has 7 nitrogen and oxygen atoms in total. The molecule has 1 amide bonds. The second-order valence-corrected chi connectivity index (χ2v) is 7.98. The SMILES string of the molecule is CS(=O)(=O)N1CCCN(C(=O)c2c[nH]c3c(F)cccc3c2=O)CC1. The standard InChI is InChI=1S/C16H18FN3O4S/c1-25(23,24)20-7-3-6-19(8-9-20)16(22)12-10-18-14-11(15(12)21)4-2-5-13(14)17/h2,4-5,10H,3,6-9H2,1H3,(H,18,21). The quantitative estimate of drug-likeness (QED) is 0.849. The van der Waals surface area contributed by atoms with Gasteiger partial charge in [-0.2, -0.15) is 0 Å². The summed E-state index contributed by atoms with van der Waals surface area (Å²) < 4.78 is 38.4. The van der Waals surface area contributed by atoms with Gasteiger partial charge in [0.05, 0.1) is 11.8 Å². The Morgan fingerprint density at radius 1 is 1.20 bits per heavy atom. The van der Waals surface area contributed by atoms with Crippen LogP contribution in [0.5, 0.6) is 0 Å². The Balaban J connectivity index is 1.90. The second-order valence-electron chi connectivity index (χ2n) is 6.00. The molecule has 2 heterocycles. The zero-order chi connectivity index (χ0) is 18.2. The molecule has 0 atom stereocenters. The number of hydrogen-bond acceptors (Lipinski definition) is 4. The number of carbonyl (C=O) groups excluding carboxylic acids is 1. The van der Waals surface area contributed by atoms with Gasteiger partial charge in [0.2, 0.25) is 15.5 Å². The summed E-state index contributed by atoms with van der Waals surface area (Å²) in [6.45, 7) is 1.07. The van der Waals surface area contributed by atoms with E-state index < -0.39 is 27.2 Å². The van der Waals surface area contributed by atoms with E-state index in [1.807, 2.05) is 0 Å². The summed E-state index contributed by atoms with van der Waals surface area (Å²) >= 11 is 0. The van der Waals surface area contributed by atoms with Crippen molar-refractivity contribution in [3.8, 4) is 0 Å². The van der Waals surface area contributed by atoms with Crippen molar-refractivity contribution in [1.82, 2.24) is 14.2 Å². The second kappa shape index (κ2) is 6.57. The number of amides is 1. The number of aromatic nitrogens is 1. The van der Waals surface area contributed by atoms with Gasteiger partial charge in [0.15, 0.2) is 0 Å². The van der Waals surface area contributed by atoms with Gasteiger partial charge in [0.25, 0.3) is 5.91 Å². The number of nitrogens with zero attached hydrogens (tertiary/aromatic N) is 2. The third kappa shape index (κ3) is 3.42. The van der Waals surface area contributed by atoms with Crippen molar-refractivity contribution in [3.63, 3.8) is 0 Å². The highest BCUT2D eigenvalue weighted by Gasteiger charge is 2.26. The normalized spacial score (nSPS) is 16.8. The van der Waals surface area contributed by atoms with Gasteiger partial charge in [-0.25, -0.2) is 17.1 Å². The third-order valence-corrected chi connectivity index (χ3v) is 5.61. The smallest absolute Gasteiger partial charge is 0.259 e. The minimum absolute atomic E-state index is 0.0585.